The van der Waals surface area contributed by atoms with Crippen LogP contribution in [0.1, 0.15) is 168 Å². The van der Waals surface area contributed by atoms with Gasteiger partial charge in [0.05, 0.1) is 11.4 Å². The van der Waals surface area contributed by atoms with Crippen molar-refractivity contribution < 1.29 is 0 Å². The average Bonchev–Trinajstić information content (AvgIpc) is 0.881. The Labute approximate surface area is 498 Å². The molecular weight excluding hydrogens is 1000 g/mol. The van der Waals surface area contributed by atoms with Gasteiger partial charge in [0.15, 0.2) is 0 Å². The minimum absolute atomic E-state index is 0.00157. The van der Waals surface area contributed by atoms with Gasteiger partial charge in [0.2, 0.25) is 0 Å². The molecule has 1 aliphatic carbocycles. The van der Waals surface area contributed by atoms with Crippen molar-refractivity contribution in [2.24, 2.45) is 0 Å². The number of benzene rings is 9. The Balaban J connectivity index is 1.20. The molecule has 0 amide bonds. The summed E-state index contributed by atoms with van der Waals surface area (Å²) in [5.74, 6) is 0. The first kappa shape index (κ1) is 56.0. The average molecular weight is 1090 g/mol. The molecule has 0 bridgehead atoms. The van der Waals surface area contributed by atoms with Crippen LogP contribution in [0.25, 0.3) is 22.3 Å². The summed E-state index contributed by atoms with van der Waals surface area (Å²) in [6.07, 6.45) is 0. The summed E-state index contributed by atoms with van der Waals surface area (Å²) in [6.45, 7) is 44.5. The molecule has 420 valence electrons. The molecule has 12 rings (SSSR count). The largest absolute Gasteiger partial charge is 0.311 e. The van der Waals surface area contributed by atoms with Crippen LogP contribution < -0.4 is 31.1 Å². The van der Waals surface area contributed by atoms with Crippen molar-refractivity contribution >= 4 is 74.3 Å². The van der Waals surface area contributed by atoms with Crippen molar-refractivity contribution in [2.45, 2.75) is 164 Å². The molecule has 0 atom stereocenters. The summed E-state index contributed by atoms with van der Waals surface area (Å²) in [5, 5.41) is 0. The van der Waals surface area contributed by atoms with Gasteiger partial charge in [-0.3, -0.25) is 0 Å². The lowest BCUT2D eigenvalue weighted by Crippen LogP contribution is -2.61. The van der Waals surface area contributed by atoms with E-state index in [1.54, 1.807) is 0 Å². The van der Waals surface area contributed by atoms with Crippen LogP contribution in [0.15, 0.2) is 176 Å². The molecule has 3 nitrogen and oxygen atoms in total. The first-order chi connectivity index (χ1) is 38.9. The van der Waals surface area contributed by atoms with Crippen molar-refractivity contribution in [3.05, 3.63) is 226 Å². The highest BCUT2D eigenvalue weighted by Crippen LogP contribution is 2.54. The Morgan fingerprint density at radius 3 is 1.49 bits per heavy atom. The second-order valence-electron chi connectivity index (χ2n) is 30.1. The lowest BCUT2D eigenvalue weighted by molar-refractivity contribution is 0.589. The first-order valence-electron chi connectivity index (χ1n) is 30.4. The maximum Gasteiger partial charge on any atom is 0.252 e. The normalized spacial score (nSPS) is 14.5. The zero-order valence-electron chi connectivity index (χ0n) is 53.2. The number of aryl methyl sites for hydroxylation is 2. The molecule has 0 aromatic heterocycles. The van der Waals surface area contributed by atoms with Gasteiger partial charge in [-0.15, -0.1) is 0 Å². The number of anilines is 9. The second-order valence-corrected chi connectivity index (χ2v) is 30.1. The van der Waals surface area contributed by atoms with E-state index >= 15 is 0 Å². The predicted molar refractivity (Wildman–Crippen MR) is 361 cm³/mol. The number of fused-ring (bicyclic) bond motifs is 7. The highest BCUT2D eigenvalue weighted by molar-refractivity contribution is 7.00. The zero-order valence-corrected chi connectivity index (χ0v) is 53.2. The quantitative estimate of drug-likeness (QED) is 0.154. The minimum Gasteiger partial charge on any atom is -0.311 e. The monoisotopic (exact) mass is 1090 g/mol. The molecular formula is C79H86BN3. The number of hydrogen-bond donors (Lipinski definition) is 0. The van der Waals surface area contributed by atoms with Gasteiger partial charge in [0, 0.05) is 50.8 Å². The molecule has 9 aromatic carbocycles. The molecule has 83 heavy (non-hydrogen) atoms. The third kappa shape index (κ3) is 9.44. The number of rotatable bonds is 6. The van der Waals surface area contributed by atoms with Gasteiger partial charge in [-0.05, 0) is 191 Å². The van der Waals surface area contributed by atoms with E-state index in [1.807, 2.05) is 0 Å². The van der Waals surface area contributed by atoms with E-state index in [2.05, 4.69) is 322 Å². The van der Waals surface area contributed by atoms with Crippen molar-refractivity contribution in [3.63, 3.8) is 0 Å². The van der Waals surface area contributed by atoms with Gasteiger partial charge in [-0.1, -0.05) is 227 Å². The van der Waals surface area contributed by atoms with Crippen LogP contribution in [0.4, 0.5) is 51.2 Å². The van der Waals surface area contributed by atoms with Crippen LogP contribution >= 0.6 is 0 Å². The van der Waals surface area contributed by atoms with Crippen molar-refractivity contribution in [2.75, 3.05) is 14.7 Å². The lowest BCUT2D eigenvalue weighted by Gasteiger charge is -2.46. The lowest BCUT2D eigenvalue weighted by atomic mass is 9.33. The molecule has 0 unspecified atom stereocenters. The van der Waals surface area contributed by atoms with E-state index in [9.17, 15) is 0 Å². The summed E-state index contributed by atoms with van der Waals surface area (Å²) in [4.78, 5) is 7.87. The molecule has 2 aliphatic heterocycles. The van der Waals surface area contributed by atoms with Gasteiger partial charge in [0.25, 0.3) is 6.71 Å². The smallest absolute Gasteiger partial charge is 0.252 e. The molecule has 9 aromatic rings. The SMILES string of the molecule is Cc1cc(C(C)(C)C)cc(C)c1N(c1ccc(C(C)(C)C)cc1)c1ccc2c(c1)N(c1ccc(C(C)(C)C)cc1-c1ccccc1)c1cc(C(C)(C)C)cc3c1B2c1cc(C(C)(C)C)ccc1N3c1ccc2c(c1)C(C)(C)c1ccccc1-2. The molecule has 0 fully saturated rings. The molecule has 0 saturated heterocycles. The van der Waals surface area contributed by atoms with Crippen LogP contribution in [-0.2, 0) is 32.5 Å². The van der Waals surface area contributed by atoms with Gasteiger partial charge in [-0.2, -0.15) is 0 Å². The fourth-order valence-corrected chi connectivity index (χ4v) is 13.7. The maximum atomic E-state index is 2.68. The summed E-state index contributed by atoms with van der Waals surface area (Å²) in [5.41, 5.74) is 31.1. The van der Waals surface area contributed by atoms with E-state index in [0.29, 0.717) is 0 Å². The Morgan fingerprint density at radius 1 is 0.361 bits per heavy atom. The highest BCUT2D eigenvalue weighted by Gasteiger charge is 2.46. The summed E-state index contributed by atoms with van der Waals surface area (Å²) in [7, 11) is 0. The van der Waals surface area contributed by atoms with Crippen LogP contribution in [0.2, 0.25) is 0 Å². The third-order valence-electron chi connectivity index (χ3n) is 18.6. The zero-order chi connectivity index (χ0) is 59.2. The topological polar surface area (TPSA) is 9.72 Å². The minimum atomic E-state index is -0.193. The van der Waals surface area contributed by atoms with Crippen LogP contribution in [-0.4, -0.2) is 6.71 Å². The van der Waals surface area contributed by atoms with E-state index in [-0.39, 0.29) is 39.2 Å². The van der Waals surface area contributed by atoms with Gasteiger partial charge in [-0.25, -0.2) is 0 Å². The standard InChI is InChI=1S/C79H86BN3/c1-49-41-55(77(12,13)14)42-50(2)73(49)81(57-33-29-52(30-34-57)74(3,4)5)59-36-38-65-69(48-59)83(67-39-31-53(75(6,7)8)43-62(67)51-25-21-20-22-26-51)71-46-56(78(15,16)17)45-70-72(71)80(65)66-44-54(76(9,10)11)32-40-68(66)82(70)58-35-37-61-60-27-23-24-28-63(60)79(18,19)64(61)47-58/h20-48H,1-19H3. The molecule has 0 spiro atoms. The van der Waals surface area contributed by atoms with E-state index in [1.165, 1.54) is 123 Å². The van der Waals surface area contributed by atoms with Crippen LogP contribution in [0, 0.1) is 13.8 Å². The third-order valence-corrected chi connectivity index (χ3v) is 18.6. The van der Waals surface area contributed by atoms with E-state index in [4.69, 9.17) is 0 Å². The maximum absolute atomic E-state index is 2.68. The number of nitrogens with zero attached hydrogens (tertiary/aromatic N) is 3. The summed E-state index contributed by atoms with van der Waals surface area (Å²) in [6, 6.07) is 69.0. The molecule has 0 N–H and O–H groups in total. The van der Waals surface area contributed by atoms with E-state index in [0.717, 1.165) is 17.1 Å². The van der Waals surface area contributed by atoms with Crippen molar-refractivity contribution in [1.82, 2.24) is 0 Å². The fraction of sp³-hybridized carbons (Fsp3) is 0.316. The fourth-order valence-electron chi connectivity index (χ4n) is 13.7. The number of hydrogen-bond acceptors (Lipinski definition) is 3. The van der Waals surface area contributed by atoms with Crippen molar-refractivity contribution in [1.29, 1.82) is 0 Å². The van der Waals surface area contributed by atoms with Crippen LogP contribution in [0.5, 0.6) is 0 Å². The second kappa shape index (κ2) is 19.2. The summed E-state index contributed by atoms with van der Waals surface area (Å²) < 4.78 is 0. The summed E-state index contributed by atoms with van der Waals surface area (Å²) >= 11 is 0. The molecule has 2 heterocycles. The Kier molecular flexibility index (Phi) is 13.0. The highest BCUT2D eigenvalue weighted by atomic mass is 15.2. The Hall–Kier alpha value is -7.56. The van der Waals surface area contributed by atoms with Crippen LogP contribution in [0.3, 0.4) is 0 Å². The predicted octanol–water partition coefficient (Wildman–Crippen LogP) is 20.3. The van der Waals surface area contributed by atoms with Gasteiger partial charge < -0.3 is 14.7 Å². The first-order valence-corrected chi connectivity index (χ1v) is 30.4. The Bertz CT molecular complexity index is 4020. The Morgan fingerprint density at radius 2 is 0.880 bits per heavy atom. The molecule has 0 saturated carbocycles. The van der Waals surface area contributed by atoms with Gasteiger partial charge >= 0.3 is 0 Å². The molecule has 0 radical (unpaired) electrons. The van der Waals surface area contributed by atoms with Gasteiger partial charge in [0.1, 0.15) is 0 Å². The van der Waals surface area contributed by atoms with E-state index < -0.39 is 0 Å². The molecule has 4 heteroatoms. The molecule has 3 aliphatic rings. The van der Waals surface area contributed by atoms with Crippen molar-refractivity contribution in [3.8, 4) is 22.3 Å².